The monoisotopic (exact) mass is 233 g/mol. The molecule has 5 nitrogen and oxygen atoms in total. The highest BCUT2D eigenvalue weighted by Gasteiger charge is 2.04. The van der Waals surface area contributed by atoms with Gasteiger partial charge >= 0.3 is 0 Å². The van der Waals surface area contributed by atoms with Gasteiger partial charge in [-0.05, 0) is 19.2 Å². The van der Waals surface area contributed by atoms with Crippen molar-refractivity contribution in [1.29, 1.82) is 5.26 Å². The summed E-state index contributed by atoms with van der Waals surface area (Å²) in [7, 11) is 0. The quantitative estimate of drug-likeness (QED) is 0.774. The van der Waals surface area contributed by atoms with Crippen LogP contribution in [-0.4, -0.2) is 36.1 Å². The molecule has 0 aliphatic heterocycles. The molecule has 1 aromatic heterocycles. The summed E-state index contributed by atoms with van der Waals surface area (Å²) in [6, 6.07) is 3.72. The Hall–Kier alpha value is -1.80. The van der Waals surface area contributed by atoms with Gasteiger partial charge in [-0.15, -0.1) is 0 Å². The lowest BCUT2D eigenvalue weighted by atomic mass is 10.2. The first-order valence-corrected chi connectivity index (χ1v) is 5.83. The molecule has 0 aliphatic rings. The number of likely N-dealkylation sites (N-methyl/N-ethyl adjacent to an activating group) is 1. The summed E-state index contributed by atoms with van der Waals surface area (Å²) in [5.74, 6) is 0.605. The molecule has 0 saturated carbocycles. The van der Waals surface area contributed by atoms with Crippen molar-refractivity contribution in [2.24, 2.45) is 0 Å². The van der Waals surface area contributed by atoms with E-state index in [1.165, 1.54) is 0 Å². The maximum Gasteiger partial charge on any atom is 0.144 e. The number of pyridine rings is 1. The summed E-state index contributed by atoms with van der Waals surface area (Å²) in [6.45, 7) is 8.02. The predicted octanol–water partition coefficient (Wildman–Crippen LogP) is 1.29. The molecule has 1 rings (SSSR count). The molecular formula is C12H19N5. The van der Waals surface area contributed by atoms with Crippen LogP contribution in [0.3, 0.4) is 0 Å². The van der Waals surface area contributed by atoms with E-state index in [2.05, 4.69) is 35.1 Å². The molecule has 0 aromatic carbocycles. The van der Waals surface area contributed by atoms with Crippen molar-refractivity contribution in [2.45, 2.75) is 13.8 Å². The van der Waals surface area contributed by atoms with Gasteiger partial charge in [0.25, 0.3) is 0 Å². The number of hydrogen-bond donors (Lipinski definition) is 2. The third kappa shape index (κ3) is 3.93. The fourth-order valence-corrected chi connectivity index (χ4v) is 1.58. The Labute approximate surface area is 102 Å². The number of nitrogens with two attached hydrogens (primary N) is 1. The first-order chi connectivity index (χ1) is 8.21. The molecule has 0 atom stereocenters. The van der Waals surface area contributed by atoms with Crippen LogP contribution in [0.1, 0.15) is 19.4 Å². The molecule has 17 heavy (non-hydrogen) atoms. The van der Waals surface area contributed by atoms with E-state index in [9.17, 15) is 0 Å². The molecule has 1 heterocycles. The number of anilines is 2. The van der Waals surface area contributed by atoms with Crippen LogP contribution in [0.2, 0.25) is 0 Å². The summed E-state index contributed by atoms with van der Waals surface area (Å²) in [5.41, 5.74) is 6.57. The number of nitrogen functional groups attached to an aromatic ring is 1. The van der Waals surface area contributed by atoms with Crippen LogP contribution >= 0.6 is 0 Å². The molecule has 0 saturated heterocycles. The van der Waals surface area contributed by atoms with Gasteiger partial charge < -0.3 is 16.0 Å². The van der Waals surface area contributed by atoms with E-state index in [0.29, 0.717) is 17.1 Å². The van der Waals surface area contributed by atoms with E-state index in [-0.39, 0.29) is 0 Å². The van der Waals surface area contributed by atoms with Crippen LogP contribution in [0.15, 0.2) is 12.3 Å². The van der Waals surface area contributed by atoms with E-state index in [0.717, 1.165) is 26.2 Å². The Balaban J connectivity index is 2.55. The summed E-state index contributed by atoms with van der Waals surface area (Å²) in [4.78, 5) is 6.42. The second kappa shape index (κ2) is 6.71. The minimum absolute atomic E-state index is 0.490. The average Bonchev–Trinajstić information content (AvgIpc) is 2.36. The molecule has 0 bridgehead atoms. The van der Waals surface area contributed by atoms with Crippen molar-refractivity contribution >= 4 is 11.5 Å². The van der Waals surface area contributed by atoms with Gasteiger partial charge in [-0.2, -0.15) is 5.26 Å². The second-order valence-corrected chi connectivity index (χ2v) is 3.73. The van der Waals surface area contributed by atoms with Gasteiger partial charge in [0.2, 0.25) is 0 Å². The Bertz CT molecular complexity index is 392. The molecule has 0 fully saturated rings. The van der Waals surface area contributed by atoms with Crippen molar-refractivity contribution in [3.8, 4) is 6.07 Å². The topological polar surface area (TPSA) is 78.0 Å². The molecule has 0 aliphatic carbocycles. The molecular weight excluding hydrogens is 214 g/mol. The highest BCUT2D eigenvalue weighted by Crippen LogP contribution is 2.13. The minimum Gasteiger partial charge on any atom is -0.397 e. The molecule has 1 aromatic rings. The predicted molar refractivity (Wildman–Crippen MR) is 69.6 cm³/mol. The van der Waals surface area contributed by atoms with Crippen LogP contribution in [0.25, 0.3) is 0 Å². The summed E-state index contributed by atoms with van der Waals surface area (Å²) in [6.07, 6.45) is 1.56. The smallest absolute Gasteiger partial charge is 0.144 e. The van der Waals surface area contributed by atoms with E-state index in [1.807, 2.05) is 0 Å². The fourth-order valence-electron chi connectivity index (χ4n) is 1.58. The van der Waals surface area contributed by atoms with Gasteiger partial charge in [0.15, 0.2) is 0 Å². The summed E-state index contributed by atoms with van der Waals surface area (Å²) < 4.78 is 0. The first kappa shape index (κ1) is 13.3. The summed E-state index contributed by atoms with van der Waals surface area (Å²) in [5, 5.41) is 12.1. The number of rotatable bonds is 6. The van der Waals surface area contributed by atoms with Crippen molar-refractivity contribution in [3.63, 3.8) is 0 Å². The van der Waals surface area contributed by atoms with Crippen molar-refractivity contribution in [3.05, 3.63) is 17.8 Å². The molecule has 0 unspecified atom stereocenters. The van der Waals surface area contributed by atoms with E-state index >= 15 is 0 Å². The molecule has 0 amide bonds. The SMILES string of the molecule is CCN(CC)CCNc1ncc(N)cc1C#N. The van der Waals surface area contributed by atoms with Gasteiger partial charge in [0.1, 0.15) is 11.9 Å². The van der Waals surface area contributed by atoms with Crippen LogP contribution < -0.4 is 11.1 Å². The molecule has 0 radical (unpaired) electrons. The first-order valence-electron chi connectivity index (χ1n) is 5.83. The fraction of sp³-hybridized carbons (Fsp3) is 0.500. The van der Waals surface area contributed by atoms with Crippen molar-refractivity contribution in [2.75, 3.05) is 37.2 Å². The normalized spacial score (nSPS) is 10.2. The van der Waals surface area contributed by atoms with Gasteiger partial charge in [0.05, 0.1) is 17.4 Å². The zero-order valence-corrected chi connectivity index (χ0v) is 10.4. The zero-order chi connectivity index (χ0) is 12.7. The molecule has 5 heteroatoms. The number of nitriles is 1. The maximum atomic E-state index is 8.95. The Morgan fingerprint density at radius 3 is 2.76 bits per heavy atom. The molecule has 92 valence electrons. The lowest BCUT2D eigenvalue weighted by Crippen LogP contribution is -2.28. The number of nitrogens with one attached hydrogen (secondary N) is 1. The van der Waals surface area contributed by atoms with E-state index in [4.69, 9.17) is 11.0 Å². The highest BCUT2D eigenvalue weighted by atomic mass is 15.1. The van der Waals surface area contributed by atoms with Gasteiger partial charge in [-0.3, -0.25) is 0 Å². The summed E-state index contributed by atoms with van der Waals surface area (Å²) >= 11 is 0. The van der Waals surface area contributed by atoms with Crippen LogP contribution in [-0.2, 0) is 0 Å². The lowest BCUT2D eigenvalue weighted by Gasteiger charge is -2.18. The standard InChI is InChI=1S/C12H19N5/c1-3-17(4-2)6-5-15-12-10(8-13)7-11(14)9-16-12/h7,9H,3-6,14H2,1-2H3,(H,15,16). The maximum absolute atomic E-state index is 8.95. The zero-order valence-electron chi connectivity index (χ0n) is 10.4. The third-order valence-corrected chi connectivity index (χ3v) is 2.64. The average molecular weight is 233 g/mol. The number of aromatic nitrogens is 1. The van der Waals surface area contributed by atoms with Crippen molar-refractivity contribution < 1.29 is 0 Å². The van der Waals surface area contributed by atoms with Crippen molar-refractivity contribution in [1.82, 2.24) is 9.88 Å². The van der Waals surface area contributed by atoms with Gasteiger partial charge in [-0.25, -0.2) is 4.98 Å². The molecule has 3 N–H and O–H groups in total. The third-order valence-electron chi connectivity index (χ3n) is 2.64. The van der Waals surface area contributed by atoms with Crippen LogP contribution in [0, 0.1) is 11.3 Å². The Kier molecular flexibility index (Phi) is 5.24. The Morgan fingerprint density at radius 1 is 1.47 bits per heavy atom. The number of nitrogens with zero attached hydrogens (tertiary/aromatic N) is 3. The number of hydrogen-bond acceptors (Lipinski definition) is 5. The highest BCUT2D eigenvalue weighted by molar-refractivity contribution is 5.57. The van der Waals surface area contributed by atoms with Gasteiger partial charge in [-0.1, -0.05) is 13.8 Å². The minimum atomic E-state index is 0.490. The van der Waals surface area contributed by atoms with Crippen LogP contribution in [0.4, 0.5) is 11.5 Å². The Morgan fingerprint density at radius 2 is 2.18 bits per heavy atom. The van der Waals surface area contributed by atoms with Gasteiger partial charge in [0, 0.05) is 13.1 Å². The second-order valence-electron chi connectivity index (χ2n) is 3.73. The lowest BCUT2D eigenvalue weighted by molar-refractivity contribution is 0.316. The van der Waals surface area contributed by atoms with E-state index < -0.39 is 0 Å². The largest absolute Gasteiger partial charge is 0.397 e. The van der Waals surface area contributed by atoms with E-state index in [1.54, 1.807) is 12.3 Å². The van der Waals surface area contributed by atoms with Crippen LogP contribution in [0.5, 0.6) is 0 Å². The molecule has 0 spiro atoms.